The average Bonchev–Trinajstić information content (AvgIpc) is 2.86. The highest BCUT2D eigenvalue weighted by Crippen LogP contribution is 2.19. The first-order valence-electron chi connectivity index (χ1n) is 11.8. The number of anilines is 1. The van der Waals surface area contributed by atoms with Crippen LogP contribution in [0.15, 0.2) is 66.7 Å². The van der Waals surface area contributed by atoms with Crippen LogP contribution in [0.2, 0.25) is 0 Å². The monoisotopic (exact) mass is 475 g/mol. The van der Waals surface area contributed by atoms with E-state index in [0.29, 0.717) is 17.8 Å². The highest BCUT2D eigenvalue weighted by Gasteiger charge is 2.17. The Kier molecular flexibility index (Phi) is 7.90. The van der Waals surface area contributed by atoms with Crippen molar-refractivity contribution in [2.24, 2.45) is 0 Å². The Hall–Kier alpha value is -3.55. The smallest absolute Gasteiger partial charge is 0.258 e. The summed E-state index contributed by atoms with van der Waals surface area (Å²) in [6, 6.07) is 19.0. The molecule has 4 rings (SSSR count). The topological polar surface area (TPSA) is 81.7 Å². The van der Waals surface area contributed by atoms with Gasteiger partial charge in [0.15, 0.2) is 0 Å². The minimum absolute atomic E-state index is 0.0527. The van der Waals surface area contributed by atoms with Gasteiger partial charge in [-0.2, -0.15) is 0 Å². The zero-order valence-electron chi connectivity index (χ0n) is 19.8. The first kappa shape index (κ1) is 24.6. The molecule has 0 atom stereocenters. The lowest BCUT2D eigenvalue weighted by Crippen LogP contribution is -2.35. The molecular weight excluding hydrogens is 445 g/mol. The fourth-order valence-corrected chi connectivity index (χ4v) is 4.12. The van der Waals surface area contributed by atoms with Crippen LogP contribution in [0, 0.1) is 12.7 Å². The molecule has 1 aliphatic rings. The number of benzene rings is 3. The molecule has 1 aliphatic heterocycles. The highest BCUT2D eigenvalue weighted by atomic mass is 19.1. The fraction of sp³-hybridized carbons (Fsp3) is 0.286. The van der Waals surface area contributed by atoms with Crippen LogP contribution in [0.4, 0.5) is 10.1 Å². The van der Waals surface area contributed by atoms with E-state index in [0.717, 1.165) is 43.6 Å². The van der Waals surface area contributed by atoms with E-state index in [2.05, 4.69) is 27.7 Å². The Labute approximate surface area is 204 Å². The van der Waals surface area contributed by atoms with Crippen molar-refractivity contribution in [3.63, 3.8) is 0 Å². The molecule has 1 fully saturated rings. The van der Waals surface area contributed by atoms with Crippen molar-refractivity contribution in [2.45, 2.75) is 39.0 Å². The number of hydrogen-bond acceptors (Lipinski definition) is 4. The van der Waals surface area contributed by atoms with E-state index in [1.165, 1.54) is 23.8 Å². The molecule has 0 bridgehead atoms. The highest BCUT2D eigenvalue weighted by molar-refractivity contribution is 6.05. The average molecular weight is 476 g/mol. The van der Waals surface area contributed by atoms with Gasteiger partial charge < -0.3 is 15.7 Å². The van der Waals surface area contributed by atoms with Crippen molar-refractivity contribution in [2.75, 3.05) is 18.4 Å². The molecule has 182 valence electrons. The van der Waals surface area contributed by atoms with Crippen molar-refractivity contribution in [3.05, 3.63) is 100 Å². The molecule has 0 saturated carbocycles. The lowest BCUT2D eigenvalue weighted by atomic mass is 10.1. The Morgan fingerprint density at radius 2 is 1.66 bits per heavy atom. The molecule has 35 heavy (non-hydrogen) atoms. The summed E-state index contributed by atoms with van der Waals surface area (Å²) in [5.41, 5.74) is 3.76. The standard InChI is InChI=1S/C28H30FN3O3/c1-19-6-11-22(16-26(19)31-28(35)24-4-2-3-5-25(24)29)27(34)30-17-20-7-9-21(10-8-20)18-32-14-12-23(33)13-15-32/h2-11,16,23,33H,12-15,17-18H2,1H3,(H,30,34)(H,31,35). The number of aliphatic hydroxyl groups is 1. The SMILES string of the molecule is Cc1ccc(C(=O)NCc2ccc(CN3CCC(O)CC3)cc2)cc1NC(=O)c1ccccc1F. The number of hydrogen-bond donors (Lipinski definition) is 3. The van der Waals surface area contributed by atoms with E-state index >= 15 is 0 Å². The van der Waals surface area contributed by atoms with Gasteiger partial charge in [-0.25, -0.2) is 4.39 Å². The lowest BCUT2D eigenvalue weighted by Gasteiger charge is -2.29. The number of amides is 2. The third kappa shape index (κ3) is 6.53. The molecule has 3 aromatic rings. The quantitative estimate of drug-likeness (QED) is 0.477. The number of halogens is 1. The maximum Gasteiger partial charge on any atom is 0.258 e. The normalized spacial score (nSPS) is 14.5. The second kappa shape index (κ2) is 11.3. The molecule has 2 amide bonds. The van der Waals surface area contributed by atoms with Gasteiger partial charge in [0.1, 0.15) is 5.82 Å². The number of piperidine rings is 1. The number of nitrogens with zero attached hydrogens (tertiary/aromatic N) is 1. The molecule has 0 aromatic heterocycles. The predicted octanol–water partition coefficient (Wildman–Crippen LogP) is 4.27. The number of aliphatic hydroxyl groups excluding tert-OH is 1. The Bertz CT molecular complexity index is 1190. The van der Waals surface area contributed by atoms with Gasteiger partial charge in [0.25, 0.3) is 11.8 Å². The van der Waals surface area contributed by atoms with Crippen LogP contribution in [0.25, 0.3) is 0 Å². The van der Waals surface area contributed by atoms with Gasteiger partial charge in [0.2, 0.25) is 0 Å². The van der Waals surface area contributed by atoms with Crippen LogP contribution < -0.4 is 10.6 Å². The molecule has 3 aromatic carbocycles. The maximum atomic E-state index is 13.9. The minimum atomic E-state index is -0.600. The fourth-order valence-electron chi connectivity index (χ4n) is 4.12. The summed E-state index contributed by atoms with van der Waals surface area (Å²) >= 11 is 0. The number of carbonyl (C=O) groups excluding carboxylic acids is 2. The number of rotatable bonds is 7. The summed E-state index contributed by atoms with van der Waals surface area (Å²) in [5.74, 6) is -1.43. The molecule has 0 radical (unpaired) electrons. The molecule has 6 nitrogen and oxygen atoms in total. The third-order valence-electron chi connectivity index (χ3n) is 6.31. The van der Waals surface area contributed by atoms with Crippen molar-refractivity contribution in [3.8, 4) is 0 Å². The van der Waals surface area contributed by atoms with Crippen molar-refractivity contribution in [1.82, 2.24) is 10.2 Å². The van der Waals surface area contributed by atoms with E-state index in [4.69, 9.17) is 0 Å². The summed E-state index contributed by atoms with van der Waals surface area (Å²) in [6.07, 6.45) is 1.46. The predicted molar refractivity (Wildman–Crippen MR) is 134 cm³/mol. The van der Waals surface area contributed by atoms with Crippen LogP contribution in [0.1, 0.15) is 50.2 Å². The molecule has 0 unspecified atom stereocenters. The molecule has 0 spiro atoms. The molecule has 1 heterocycles. The van der Waals surface area contributed by atoms with E-state index in [1.54, 1.807) is 24.3 Å². The number of aryl methyl sites for hydroxylation is 1. The largest absolute Gasteiger partial charge is 0.393 e. The van der Waals surface area contributed by atoms with E-state index in [9.17, 15) is 19.1 Å². The van der Waals surface area contributed by atoms with Crippen molar-refractivity contribution in [1.29, 1.82) is 0 Å². The first-order chi connectivity index (χ1) is 16.9. The van der Waals surface area contributed by atoms with Crippen LogP contribution in [-0.2, 0) is 13.1 Å². The first-order valence-corrected chi connectivity index (χ1v) is 11.8. The third-order valence-corrected chi connectivity index (χ3v) is 6.31. The van der Waals surface area contributed by atoms with Gasteiger partial charge in [-0.3, -0.25) is 14.5 Å². The van der Waals surface area contributed by atoms with Gasteiger partial charge in [0, 0.05) is 37.4 Å². The summed E-state index contributed by atoms with van der Waals surface area (Å²) < 4.78 is 13.9. The van der Waals surface area contributed by atoms with Crippen LogP contribution in [0.3, 0.4) is 0 Å². The minimum Gasteiger partial charge on any atom is -0.393 e. The van der Waals surface area contributed by atoms with Gasteiger partial charge in [0.05, 0.1) is 11.7 Å². The summed E-state index contributed by atoms with van der Waals surface area (Å²) in [5, 5.41) is 15.3. The second-order valence-electron chi connectivity index (χ2n) is 8.97. The lowest BCUT2D eigenvalue weighted by molar-refractivity contribution is 0.0792. The zero-order valence-corrected chi connectivity index (χ0v) is 19.8. The van der Waals surface area contributed by atoms with Crippen molar-refractivity contribution < 1.29 is 19.1 Å². The molecule has 0 aliphatic carbocycles. The molecular formula is C28H30FN3O3. The van der Waals surface area contributed by atoms with Crippen LogP contribution in [0.5, 0.6) is 0 Å². The van der Waals surface area contributed by atoms with Crippen LogP contribution >= 0.6 is 0 Å². The number of likely N-dealkylation sites (tertiary alicyclic amines) is 1. The van der Waals surface area contributed by atoms with Crippen molar-refractivity contribution >= 4 is 17.5 Å². The Morgan fingerprint density at radius 1 is 0.971 bits per heavy atom. The Balaban J connectivity index is 1.33. The van der Waals surface area contributed by atoms with Gasteiger partial charge in [-0.05, 0) is 60.7 Å². The van der Waals surface area contributed by atoms with E-state index in [1.807, 2.05) is 19.1 Å². The molecule has 3 N–H and O–H groups in total. The summed E-state index contributed by atoms with van der Waals surface area (Å²) in [6.45, 7) is 4.84. The molecule has 1 saturated heterocycles. The summed E-state index contributed by atoms with van der Waals surface area (Å²) in [4.78, 5) is 27.6. The Morgan fingerprint density at radius 3 is 2.37 bits per heavy atom. The number of carbonyl (C=O) groups is 2. The number of nitrogens with one attached hydrogen (secondary N) is 2. The zero-order chi connectivity index (χ0) is 24.8. The molecule has 7 heteroatoms. The summed E-state index contributed by atoms with van der Waals surface area (Å²) in [7, 11) is 0. The van der Waals surface area contributed by atoms with Gasteiger partial charge in [-0.15, -0.1) is 0 Å². The van der Waals surface area contributed by atoms with E-state index in [-0.39, 0.29) is 17.6 Å². The second-order valence-corrected chi connectivity index (χ2v) is 8.97. The van der Waals surface area contributed by atoms with Gasteiger partial charge in [-0.1, -0.05) is 42.5 Å². The van der Waals surface area contributed by atoms with E-state index < -0.39 is 11.7 Å². The van der Waals surface area contributed by atoms with Crippen LogP contribution in [-0.4, -0.2) is 41.0 Å². The maximum absolute atomic E-state index is 13.9. The van der Waals surface area contributed by atoms with Gasteiger partial charge >= 0.3 is 0 Å².